The lowest BCUT2D eigenvalue weighted by Crippen LogP contribution is -2.16. The van der Waals surface area contributed by atoms with E-state index in [2.05, 4.69) is 10.1 Å². The van der Waals surface area contributed by atoms with E-state index in [1.807, 2.05) is 31.2 Å². The number of ether oxygens (including phenoxy) is 1. The fourth-order valence-electron chi connectivity index (χ4n) is 1.85. The van der Waals surface area contributed by atoms with E-state index >= 15 is 0 Å². The molecule has 1 aliphatic heterocycles. The van der Waals surface area contributed by atoms with E-state index in [9.17, 15) is 0 Å². The molecule has 0 saturated heterocycles. The Morgan fingerprint density at radius 1 is 1.47 bits per heavy atom. The van der Waals surface area contributed by atoms with Gasteiger partial charge in [-0.25, -0.2) is 0 Å². The summed E-state index contributed by atoms with van der Waals surface area (Å²) < 4.78 is 11.1. The summed E-state index contributed by atoms with van der Waals surface area (Å²) in [6, 6.07) is 7.75. The third-order valence-corrected chi connectivity index (χ3v) is 4.13. The molecule has 1 aliphatic rings. The van der Waals surface area contributed by atoms with E-state index in [0.717, 1.165) is 22.8 Å². The van der Waals surface area contributed by atoms with Crippen molar-refractivity contribution in [3.8, 4) is 5.75 Å². The molecule has 2 N–H and O–H groups in total. The van der Waals surface area contributed by atoms with Gasteiger partial charge < -0.3 is 15.0 Å². The van der Waals surface area contributed by atoms with Crippen molar-refractivity contribution >= 4 is 11.8 Å². The molecule has 19 heavy (non-hydrogen) atoms. The van der Waals surface area contributed by atoms with Crippen molar-refractivity contribution in [2.24, 2.45) is 5.73 Å². The lowest BCUT2D eigenvalue weighted by molar-refractivity contribution is 0.205. The summed E-state index contributed by atoms with van der Waals surface area (Å²) in [7, 11) is 0. The highest BCUT2D eigenvalue weighted by Crippen LogP contribution is 2.39. The Balaban J connectivity index is 1.79. The molecule has 0 spiro atoms. The minimum atomic E-state index is -0.204. The van der Waals surface area contributed by atoms with Crippen LogP contribution in [0.15, 0.2) is 33.7 Å². The van der Waals surface area contributed by atoms with E-state index in [0.29, 0.717) is 11.7 Å². The van der Waals surface area contributed by atoms with Gasteiger partial charge in [0, 0.05) is 10.6 Å². The molecule has 2 aromatic rings. The second-order valence-corrected chi connectivity index (χ2v) is 5.43. The second kappa shape index (κ2) is 5.22. The average molecular weight is 277 g/mol. The van der Waals surface area contributed by atoms with Gasteiger partial charge in [-0.15, -0.1) is 11.8 Å². The summed E-state index contributed by atoms with van der Waals surface area (Å²) in [5, 5.41) is 3.98. The van der Waals surface area contributed by atoms with E-state index in [1.165, 1.54) is 0 Å². The van der Waals surface area contributed by atoms with Crippen LogP contribution in [0.4, 0.5) is 0 Å². The molecule has 0 aliphatic carbocycles. The highest BCUT2D eigenvalue weighted by Gasteiger charge is 2.26. The van der Waals surface area contributed by atoms with Crippen LogP contribution in [0.5, 0.6) is 5.75 Å². The number of hydrogen-bond acceptors (Lipinski definition) is 6. The second-order valence-electron chi connectivity index (χ2n) is 4.37. The van der Waals surface area contributed by atoms with Crippen molar-refractivity contribution < 1.29 is 9.26 Å². The van der Waals surface area contributed by atoms with Crippen molar-refractivity contribution in [3.63, 3.8) is 0 Å². The van der Waals surface area contributed by atoms with Crippen molar-refractivity contribution in [1.82, 2.24) is 10.1 Å². The first-order chi connectivity index (χ1) is 9.28. The van der Waals surface area contributed by atoms with Gasteiger partial charge in [0.1, 0.15) is 5.75 Å². The first-order valence-electron chi connectivity index (χ1n) is 6.25. The van der Waals surface area contributed by atoms with Gasteiger partial charge in [-0.3, -0.25) is 0 Å². The van der Waals surface area contributed by atoms with E-state index in [4.69, 9.17) is 15.0 Å². The number of rotatable bonds is 3. The first kappa shape index (κ1) is 12.5. The van der Waals surface area contributed by atoms with Crippen molar-refractivity contribution in [2.75, 3.05) is 5.75 Å². The number of nitrogens with zero attached hydrogens (tertiary/aromatic N) is 2. The summed E-state index contributed by atoms with van der Waals surface area (Å²) in [6.45, 7) is 1.98. The van der Waals surface area contributed by atoms with Crippen LogP contribution in [0.3, 0.4) is 0 Å². The van der Waals surface area contributed by atoms with Gasteiger partial charge in [0.2, 0.25) is 11.7 Å². The number of benzene rings is 1. The number of hydrogen-bond donors (Lipinski definition) is 1. The molecule has 0 saturated carbocycles. The fraction of sp³-hybridized carbons (Fsp3) is 0.385. The van der Waals surface area contributed by atoms with Crippen LogP contribution < -0.4 is 10.5 Å². The SMILES string of the molecule is CC[C@H](N)c1nc(C2CSc3ccccc3O2)no1. The maximum Gasteiger partial charge on any atom is 0.243 e. The van der Waals surface area contributed by atoms with Crippen molar-refractivity contribution in [1.29, 1.82) is 0 Å². The molecule has 0 radical (unpaired) electrons. The van der Waals surface area contributed by atoms with Gasteiger partial charge in [-0.2, -0.15) is 4.98 Å². The van der Waals surface area contributed by atoms with Crippen molar-refractivity contribution in [3.05, 3.63) is 36.0 Å². The van der Waals surface area contributed by atoms with E-state index < -0.39 is 0 Å². The molecule has 1 aromatic carbocycles. The third kappa shape index (κ3) is 2.46. The Morgan fingerprint density at radius 2 is 2.32 bits per heavy atom. The van der Waals surface area contributed by atoms with Gasteiger partial charge in [0.15, 0.2) is 6.10 Å². The van der Waals surface area contributed by atoms with Crippen LogP contribution in [-0.4, -0.2) is 15.9 Å². The van der Waals surface area contributed by atoms with Crippen LogP contribution in [0.1, 0.15) is 37.2 Å². The molecule has 0 bridgehead atoms. The molecule has 1 unspecified atom stereocenters. The highest BCUT2D eigenvalue weighted by atomic mass is 32.2. The predicted octanol–water partition coefficient (Wildman–Crippen LogP) is 2.71. The zero-order chi connectivity index (χ0) is 13.2. The largest absolute Gasteiger partial charge is 0.480 e. The van der Waals surface area contributed by atoms with Crippen LogP contribution in [0.2, 0.25) is 0 Å². The zero-order valence-electron chi connectivity index (χ0n) is 10.6. The molecule has 2 atom stereocenters. The van der Waals surface area contributed by atoms with E-state index in [-0.39, 0.29) is 12.1 Å². The molecule has 2 heterocycles. The molecule has 5 nitrogen and oxygen atoms in total. The number of nitrogens with two attached hydrogens (primary N) is 1. The lowest BCUT2D eigenvalue weighted by atomic mass is 10.2. The first-order valence-corrected chi connectivity index (χ1v) is 7.24. The van der Waals surface area contributed by atoms with Gasteiger partial charge in [0.25, 0.3) is 0 Å². The average Bonchev–Trinajstić information content (AvgIpc) is 2.95. The molecule has 0 amide bonds. The molecule has 6 heteroatoms. The normalized spacial score (nSPS) is 19.6. The molecular weight excluding hydrogens is 262 g/mol. The predicted molar refractivity (Wildman–Crippen MR) is 72.1 cm³/mol. The number of para-hydroxylation sites is 1. The van der Waals surface area contributed by atoms with Gasteiger partial charge >= 0.3 is 0 Å². The molecule has 100 valence electrons. The summed E-state index contributed by atoms with van der Waals surface area (Å²) in [6.07, 6.45) is 0.589. The lowest BCUT2D eigenvalue weighted by Gasteiger charge is -2.22. The molecule has 1 aromatic heterocycles. The Morgan fingerprint density at radius 3 is 3.16 bits per heavy atom. The summed E-state index contributed by atoms with van der Waals surface area (Å²) >= 11 is 1.74. The van der Waals surface area contributed by atoms with Crippen LogP contribution >= 0.6 is 11.8 Å². The van der Waals surface area contributed by atoms with Gasteiger partial charge in [0.05, 0.1) is 6.04 Å². The van der Waals surface area contributed by atoms with Crippen molar-refractivity contribution in [2.45, 2.75) is 30.4 Å². The Hall–Kier alpha value is -1.53. The number of thioether (sulfide) groups is 1. The van der Waals surface area contributed by atoms with Crippen LogP contribution in [-0.2, 0) is 0 Å². The summed E-state index contributed by atoms with van der Waals surface area (Å²) in [5.41, 5.74) is 5.87. The van der Waals surface area contributed by atoms with Crippen LogP contribution in [0.25, 0.3) is 0 Å². The summed E-state index contributed by atoms with van der Waals surface area (Å²) in [5.74, 6) is 2.69. The fourth-order valence-corrected chi connectivity index (χ4v) is 2.83. The molecule has 3 rings (SSSR count). The topological polar surface area (TPSA) is 74.2 Å². The molecule has 0 fully saturated rings. The van der Waals surface area contributed by atoms with Gasteiger partial charge in [-0.1, -0.05) is 24.2 Å². The number of aromatic nitrogens is 2. The molecular formula is C13H15N3O2S. The Labute approximate surface area is 115 Å². The minimum Gasteiger partial charge on any atom is -0.480 e. The Kier molecular flexibility index (Phi) is 3.44. The van der Waals surface area contributed by atoms with Gasteiger partial charge in [-0.05, 0) is 18.6 Å². The maximum absolute atomic E-state index is 5.90. The minimum absolute atomic E-state index is 0.179. The highest BCUT2D eigenvalue weighted by molar-refractivity contribution is 7.99. The maximum atomic E-state index is 5.90. The summed E-state index contributed by atoms with van der Waals surface area (Å²) in [4.78, 5) is 5.48. The third-order valence-electron chi connectivity index (χ3n) is 3.01. The monoisotopic (exact) mass is 277 g/mol. The Bertz CT molecular complexity index is 573. The quantitative estimate of drug-likeness (QED) is 0.929. The zero-order valence-corrected chi connectivity index (χ0v) is 11.4. The number of fused-ring (bicyclic) bond motifs is 1. The smallest absolute Gasteiger partial charge is 0.243 e. The van der Waals surface area contributed by atoms with Crippen LogP contribution in [0, 0.1) is 0 Å². The van der Waals surface area contributed by atoms with E-state index in [1.54, 1.807) is 11.8 Å². The standard InChI is InChI=1S/C13H15N3O2S/c1-2-8(14)13-15-12(16-18-13)10-7-19-11-6-4-3-5-9(11)17-10/h3-6,8,10H,2,7,14H2,1H3/t8-,10?/m0/s1.